The molecule has 1 rings (SSSR count). The summed E-state index contributed by atoms with van der Waals surface area (Å²) in [5.41, 5.74) is 2.09. The molecule has 0 aromatic heterocycles. The summed E-state index contributed by atoms with van der Waals surface area (Å²) in [6, 6.07) is 7.95. The van der Waals surface area contributed by atoms with Crippen LogP contribution >= 0.6 is 0 Å². The van der Waals surface area contributed by atoms with Gasteiger partial charge in [0, 0.05) is 12.2 Å². The van der Waals surface area contributed by atoms with Crippen molar-refractivity contribution in [3.8, 4) is 0 Å². The van der Waals surface area contributed by atoms with Crippen molar-refractivity contribution in [1.29, 1.82) is 0 Å². The number of hydrogen-bond acceptors (Lipinski definition) is 2. The second-order valence-electron chi connectivity index (χ2n) is 4.41. The van der Waals surface area contributed by atoms with Crippen molar-refractivity contribution in [1.82, 2.24) is 0 Å². The van der Waals surface area contributed by atoms with Gasteiger partial charge in [-0.25, -0.2) is 0 Å². The average molecular weight is 207 g/mol. The molecule has 0 aliphatic heterocycles. The number of rotatable bonds is 5. The fourth-order valence-corrected chi connectivity index (χ4v) is 1.38. The first-order valence-corrected chi connectivity index (χ1v) is 5.61. The van der Waals surface area contributed by atoms with Crippen molar-refractivity contribution in [2.24, 2.45) is 5.92 Å². The van der Waals surface area contributed by atoms with Crippen molar-refractivity contribution in [3.05, 3.63) is 29.8 Å². The zero-order chi connectivity index (χ0) is 11.3. The Morgan fingerprint density at radius 3 is 2.20 bits per heavy atom. The second kappa shape index (κ2) is 5.76. The number of aliphatic hydroxyl groups excluding tert-OH is 1. The van der Waals surface area contributed by atoms with E-state index in [1.165, 1.54) is 6.42 Å². The Balaban J connectivity index is 2.43. The molecule has 0 aliphatic carbocycles. The van der Waals surface area contributed by atoms with Gasteiger partial charge in [0.25, 0.3) is 0 Å². The molecule has 0 saturated carbocycles. The number of aliphatic hydroxyl groups is 1. The van der Waals surface area contributed by atoms with Gasteiger partial charge in [-0.2, -0.15) is 0 Å². The highest BCUT2D eigenvalue weighted by atomic mass is 16.3. The van der Waals surface area contributed by atoms with Gasteiger partial charge in [0.05, 0.1) is 6.10 Å². The fourth-order valence-electron chi connectivity index (χ4n) is 1.38. The Labute approximate surface area is 92.3 Å². The highest BCUT2D eigenvalue weighted by Crippen LogP contribution is 2.15. The first-order valence-electron chi connectivity index (χ1n) is 5.61. The van der Waals surface area contributed by atoms with E-state index in [2.05, 4.69) is 19.2 Å². The molecule has 0 aliphatic rings. The summed E-state index contributed by atoms with van der Waals surface area (Å²) in [6.07, 6.45) is 0.799. The van der Waals surface area contributed by atoms with Gasteiger partial charge < -0.3 is 10.4 Å². The van der Waals surface area contributed by atoms with Crippen LogP contribution in [0.5, 0.6) is 0 Å². The molecule has 84 valence electrons. The minimum Gasteiger partial charge on any atom is -0.389 e. The van der Waals surface area contributed by atoms with Crippen LogP contribution in [-0.2, 0) is 0 Å². The van der Waals surface area contributed by atoms with E-state index in [0.29, 0.717) is 0 Å². The summed E-state index contributed by atoms with van der Waals surface area (Å²) in [5, 5.41) is 12.7. The van der Waals surface area contributed by atoms with E-state index >= 15 is 0 Å². The van der Waals surface area contributed by atoms with Crippen LogP contribution in [0.3, 0.4) is 0 Å². The number of benzene rings is 1. The molecule has 1 atom stereocenters. The van der Waals surface area contributed by atoms with Gasteiger partial charge in [0.2, 0.25) is 0 Å². The lowest BCUT2D eigenvalue weighted by molar-refractivity contribution is 0.199. The van der Waals surface area contributed by atoms with Gasteiger partial charge >= 0.3 is 0 Å². The van der Waals surface area contributed by atoms with Crippen LogP contribution in [0.25, 0.3) is 0 Å². The summed E-state index contributed by atoms with van der Waals surface area (Å²) < 4.78 is 0. The molecule has 0 heterocycles. The zero-order valence-corrected chi connectivity index (χ0v) is 9.83. The Kier molecular flexibility index (Phi) is 4.63. The van der Waals surface area contributed by atoms with Crippen LogP contribution < -0.4 is 5.32 Å². The van der Waals surface area contributed by atoms with E-state index in [4.69, 9.17) is 0 Å². The molecule has 1 unspecified atom stereocenters. The Bertz CT molecular complexity index is 277. The Morgan fingerprint density at radius 2 is 1.73 bits per heavy atom. The predicted octanol–water partition coefficient (Wildman–Crippen LogP) is 3.20. The topological polar surface area (TPSA) is 32.3 Å². The molecule has 2 heteroatoms. The van der Waals surface area contributed by atoms with Crippen LogP contribution in [0.15, 0.2) is 24.3 Å². The smallest absolute Gasteiger partial charge is 0.0761 e. The highest BCUT2D eigenvalue weighted by Gasteiger charge is 2.00. The van der Waals surface area contributed by atoms with Crippen LogP contribution in [0.4, 0.5) is 5.69 Å². The standard InChI is InChI=1S/C13H21NO/c1-10(2)8-9-14-13-6-4-12(5-7-13)11(3)15/h4-7,10-11,14-15H,8-9H2,1-3H3. The van der Waals surface area contributed by atoms with E-state index in [1.54, 1.807) is 6.92 Å². The molecule has 1 aromatic rings. The van der Waals surface area contributed by atoms with E-state index in [9.17, 15) is 5.11 Å². The lowest BCUT2D eigenvalue weighted by Crippen LogP contribution is -2.04. The Hall–Kier alpha value is -1.02. The van der Waals surface area contributed by atoms with Gasteiger partial charge in [-0.15, -0.1) is 0 Å². The molecule has 15 heavy (non-hydrogen) atoms. The maximum absolute atomic E-state index is 9.34. The quantitative estimate of drug-likeness (QED) is 0.777. The summed E-state index contributed by atoms with van der Waals surface area (Å²) in [6.45, 7) is 7.23. The van der Waals surface area contributed by atoms with E-state index < -0.39 is 0 Å². The molecule has 0 spiro atoms. The van der Waals surface area contributed by atoms with Crippen molar-refractivity contribution in [3.63, 3.8) is 0 Å². The monoisotopic (exact) mass is 207 g/mol. The van der Waals surface area contributed by atoms with Crippen LogP contribution in [0, 0.1) is 5.92 Å². The molecule has 2 nitrogen and oxygen atoms in total. The minimum atomic E-state index is -0.380. The molecule has 0 fully saturated rings. The van der Waals surface area contributed by atoms with Crippen LogP contribution in [-0.4, -0.2) is 11.7 Å². The SMILES string of the molecule is CC(C)CCNc1ccc(C(C)O)cc1. The van der Waals surface area contributed by atoms with Gasteiger partial charge in [-0.1, -0.05) is 26.0 Å². The number of hydrogen-bond donors (Lipinski definition) is 2. The first kappa shape index (κ1) is 12.1. The predicted molar refractivity (Wildman–Crippen MR) is 65.0 cm³/mol. The molecule has 0 radical (unpaired) electrons. The van der Waals surface area contributed by atoms with Crippen LogP contribution in [0.1, 0.15) is 38.9 Å². The van der Waals surface area contributed by atoms with Gasteiger partial charge in [0.15, 0.2) is 0 Å². The van der Waals surface area contributed by atoms with Crippen molar-refractivity contribution in [2.45, 2.75) is 33.3 Å². The largest absolute Gasteiger partial charge is 0.389 e. The third-order valence-corrected chi connectivity index (χ3v) is 2.44. The van der Waals surface area contributed by atoms with Gasteiger partial charge in [-0.3, -0.25) is 0 Å². The maximum atomic E-state index is 9.34. The third kappa shape index (κ3) is 4.34. The maximum Gasteiger partial charge on any atom is 0.0761 e. The van der Waals surface area contributed by atoms with Gasteiger partial charge in [0.1, 0.15) is 0 Å². The van der Waals surface area contributed by atoms with Crippen molar-refractivity contribution in [2.75, 3.05) is 11.9 Å². The molecule has 0 saturated heterocycles. The molecular weight excluding hydrogens is 186 g/mol. The third-order valence-electron chi connectivity index (χ3n) is 2.44. The fraction of sp³-hybridized carbons (Fsp3) is 0.538. The molecular formula is C13H21NO. The molecule has 0 amide bonds. The zero-order valence-electron chi connectivity index (χ0n) is 9.83. The number of nitrogens with one attached hydrogen (secondary N) is 1. The lowest BCUT2D eigenvalue weighted by atomic mass is 10.1. The minimum absolute atomic E-state index is 0.380. The van der Waals surface area contributed by atoms with Crippen molar-refractivity contribution >= 4 is 5.69 Å². The molecule has 2 N–H and O–H groups in total. The summed E-state index contributed by atoms with van der Waals surface area (Å²) in [5.74, 6) is 0.731. The summed E-state index contributed by atoms with van der Waals surface area (Å²) in [4.78, 5) is 0. The van der Waals surface area contributed by atoms with Crippen molar-refractivity contribution < 1.29 is 5.11 Å². The second-order valence-corrected chi connectivity index (χ2v) is 4.41. The molecule has 0 bridgehead atoms. The van der Waals surface area contributed by atoms with E-state index in [-0.39, 0.29) is 6.10 Å². The van der Waals surface area contributed by atoms with Crippen LogP contribution in [0.2, 0.25) is 0 Å². The normalized spacial score (nSPS) is 12.9. The first-order chi connectivity index (χ1) is 7.09. The van der Waals surface area contributed by atoms with E-state index in [0.717, 1.165) is 23.7 Å². The van der Waals surface area contributed by atoms with E-state index in [1.807, 2.05) is 24.3 Å². The average Bonchev–Trinajstić information content (AvgIpc) is 2.18. The number of anilines is 1. The van der Waals surface area contributed by atoms with Gasteiger partial charge in [-0.05, 0) is 37.0 Å². The Morgan fingerprint density at radius 1 is 1.13 bits per heavy atom. The highest BCUT2D eigenvalue weighted by molar-refractivity contribution is 5.44. The molecule has 1 aromatic carbocycles. The summed E-state index contributed by atoms with van der Waals surface area (Å²) >= 11 is 0. The lowest BCUT2D eigenvalue weighted by Gasteiger charge is -2.10. The summed E-state index contributed by atoms with van der Waals surface area (Å²) in [7, 11) is 0.